The lowest BCUT2D eigenvalue weighted by atomic mass is 10.2. The highest BCUT2D eigenvalue weighted by molar-refractivity contribution is 9.10. The summed E-state index contributed by atoms with van der Waals surface area (Å²) in [5.74, 6) is -1.02. The van der Waals surface area contributed by atoms with Crippen molar-refractivity contribution in [3.8, 4) is 0 Å². The van der Waals surface area contributed by atoms with E-state index in [4.69, 9.17) is 0 Å². The van der Waals surface area contributed by atoms with E-state index in [0.29, 0.717) is 10.2 Å². The number of ether oxygens (including phenoxy) is 1. The van der Waals surface area contributed by atoms with Crippen molar-refractivity contribution in [3.63, 3.8) is 0 Å². The quantitative estimate of drug-likeness (QED) is 0.590. The second-order valence-corrected chi connectivity index (χ2v) is 3.19. The van der Waals surface area contributed by atoms with Crippen LogP contribution < -0.4 is 0 Å². The molecule has 0 aromatic carbocycles. The van der Waals surface area contributed by atoms with Gasteiger partial charge in [0.1, 0.15) is 4.60 Å². The summed E-state index contributed by atoms with van der Waals surface area (Å²) in [6, 6.07) is 2.77. The zero-order valence-corrected chi connectivity index (χ0v) is 8.47. The van der Waals surface area contributed by atoms with E-state index in [2.05, 4.69) is 25.7 Å². The molecule has 0 aliphatic rings. The minimum Gasteiger partial charge on any atom is -0.469 e. The molecule has 0 N–H and O–H groups in total. The van der Waals surface area contributed by atoms with Gasteiger partial charge in [0.25, 0.3) is 0 Å². The highest BCUT2D eigenvalue weighted by Crippen LogP contribution is 2.11. The molecule has 0 fully saturated rings. The molecule has 3 nitrogen and oxygen atoms in total. The zero-order valence-electron chi connectivity index (χ0n) is 6.88. The first-order valence-corrected chi connectivity index (χ1v) is 4.30. The molecule has 0 aliphatic heterocycles. The average Bonchev–Trinajstić information content (AvgIpc) is 2.02. The van der Waals surface area contributed by atoms with Crippen molar-refractivity contribution in [1.82, 2.24) is 4.98 Å². The molecule has 70 valence electrons. The number of rotatable bonds is 2. The van der Waals surface area contributed by atoms with Gasteiger partial charge in [-0.15, -0.1) is 0 Å². The highest BCUT2D eigenvalue weighted by atomic mass is 79.9. The summed E-state index contributed by atoms with van der Waals surface area (Å²) < 4.78 is 17.5. The van der Waals surface area contributed by atoms with E-state index in [1.165, 1.54) is 13.2 Å². The van der Waals surface area contributed by atoms with Gasteiger partial charge in [-0.05, 0) is 33.6 Å². The first kappa shape index (κ1) is 10.1. The molecular formula is C8H7BrFNO2. The summed E-state index contributed by atoms with van der Waals surface area (Å²) in [6.45, 7) is 0. The molecule has 1 rings (SSSR count). The number of halogens is 2. The Balaban J connectivity index is 2.83. The van der Waals surface area contributed by atoms with Crippen molar-refractivity contribution in [2.75, 3.05) is 7.11 Å². The van der Waals surface area contributed by atoms with Crippen LogP contribution in [0.2, 0.25) is 0 Å². The third-order valence-electron chi connectivity index (χ3n) is 1.40. The van der Waals surface area contributed by atoms with Gasteiger partial charge < -0.3 is 4.74 Å². The Kier molecular flexibility index (Phi) is 3.36. The Morgan fingerprint density at radius 3 is 2.92 bits per heavy atom. The largest absolute Gasteiger partial charge is 0.469 e. The van der Waals surface area contributed by atoms with Crippen LogP contribution in [0, 0.1) is 5.95 Å². The molecule has 1 aromatic rings. The third-order valence-corrected chi connectivity index (χ3v) is 1.80. The standard InChI is InChI=1S/C8H7BrFNO2/c1-13-8(12)4-5-2-6(9)11-7(10)3-5/h2-3H,4H2,1H3. The predicted molar refractivity (Wildman–Crippen MR) is 47.6 cm³/mol. The number of hydrogen-bond acceptors (Lipinski definition) is 3. The van der Waals surface area contributed by atoms with Crippen LogP contribution >= 0.6 is 15.9 Å². The predicted octanol–water partition coefficient (Wildman–Crippen LogP) is 1.70. The smallest absolute Gasteiger partial charge is 0.309 e. The molecule has 0 atom stereocenters. The molecule has 1 heterocycles. The number of carbonyl (C=O) groups is 1. The maximum atomic E-state index is 12.7. The van der Waals surface area contributed by atoms with Crippen LogP contribution in [0.1, 0.15) is 5.56 Å². The minimum absolute atomic E-state index is 0.0501. The molecule has 0 aliphatic carbocycles. The highest BCUT2D eigenvalue weighted by Gasteiger charge is 2.05. The number of pyridine rings is 1. The van der Waals surface area contributed by atoms with Crippen LogP contribution in [-0.2, 0) is 16.0 Å². The number of methoxy groups -OCH3 is 1. The number of aromatic nitrogens is 1. The van der Waals surface area contributed by atoms with Crippen LogP contribution in [0.3, 0.4) is 0 Å². The number of nitrogens with zero attached hydrogens (tertiary/aromatic N) is 1. The van der Waals surface area contributed by atoms with Crippen LogP contribution in [0.15, 0.2) is 16.7 Å². The molecule has 0 unspecified atom stereocenters. The van der Waals surface area contributed by atoms with Crippen molar-refractivity contribution in [3.05, 3.63) is 28.2 Å². The van der Waals surface area contributed by atoms with Gasteiger partial charge in [0.15, 0.2) is 0 Å². The van der Waals surface area contributed by atoms with E-state index in [-0.39, 0.29) is 6.42 Å². The van der Waals surface area contributed by atoms with Gasteiger partial charge in [-0.3, -0.25) is 4.79 Å². The summed E-state index contributed by atoms with van der Waals surface area (Å²) in [5.41, 5.74) is 0.534. The van der Waals surface area contributed by atoms with Gasteiger partial charge in [0, 0.05) is 0 Å². The molecule has 0 amide bonds. The van der Waals surface area contributed by atoms with E-state index in [1.807, 2.05) is 0 Å². The van der Waals surface area contributed by atoms with Gasteiger partial charge in [-0.1, -0.05) is 0 Å². The molecule has 1 aromatic heterocycles. The summed E-state index contributed by atoms with van der Waals surface area (Å²) in [6.07, 6.45) is 0.0501. The number of carbonyl (C=O) groups excluding carboxylic acids is 1. The van der Waals surface area contributed by atoms with Crippen molar-refractivity contribution in [2.24, 2.45) is 0 Å². The summed E-state index contributed by atoms with van der Waals surface area (Å²) in [5, 5.41) is 0. The average molecular weight is 248 g/mol. The molecule has 0 spiro atoms. The Hall–Kier alpha value is -0.970. The van der Waals surface area contributed by atoms with E-state index in [0.717, 1.165) is 0 Å². The molecule has 0 saturated heterocycles. The first-order chi connectivity index (χ1) is 6.11. The number of hydrogen-bond donors (Lipinski definition) is 0. The molecule has 0 radical (unpaired) electrons. The maximum absolute atomic E-state index is 12.7. The van der Waals surface area contributed by atoms with Crippen molar-refractivity contribution >= 4 is 21.9 Å². The van der Waals surface area contributed by atoms with Gasteiger partial charge in [0.05, 0.1) is 13.5 Å². The lowest BCUT2D eigenvalue weighted by Gasteiger charge is -2.00. The second-order valence-electron chi connectivity index (χ2n) is 2.37. The van der Waals surface area contributed by atoms with Gasteiger partial charge in [0.2, 0.25) is 5.95 Å². The maximum Gasteiger partial charge on any atom is 0.309 e. The van der Waals surface area contributed by atoms with Crippen LogP contribution in [-0.4, -0.2) is 18.1 Å². The first-order valence-electron chi connectivity index (χ1n) is 3.50. The summed E-state index contributed by atoms with van der Waals surface area (Å²) in [4.78, 5) is 14.3. The van der Waals surface area contributed by atoms with Crippen molar-refractivity contribution < 1.29 is 13.9 Å². The molecule has 0 saturated carbocycles. The third kappa shape index (κ3) is 3.10. The summed E-state index contributed by atoms with van der Waals surface area (Å²) >= 11 is 3.02. The van der Waals surface area contributed by atoms with Gasteiger partial charge >= 0.3 is 5.97 Å². The lowest BCUT2D eigenvalue weighted by molar-refractivity contribution is -0.139. The minimum atomic E-state index is -0.617. The van der Waals surface area contributed by atoms with Crippen LogP contribution in [0.25, 0.3) is 0 Å². The molecule has 5 heteroatoms. The SMILES string of the molecule is COC(=O)Cc1cc(F)nc(Br)c1. The van der Waals surface area contributed by atoms with Crippen LogP contribution in [0.4, 0.5) is 4.39 Å². The second kappa shape index (κ2) is 4.32. The zero-order chi connectivity index (χ0) is 9.84. The topological polar surface area (TPSA) is 39.2 Å². The van der Waals surface area contributed by atoms with Gasteiger partial charge in [-0.25, -0.2) is 4.98 Å². The Bertz CT molecular complexity index is 310. The van der Waals surface area contributed by atoms with E-state index in [1.54, 1.807) is 6.07 Å². The van der Waals surface area contributed by atoms with E-state index >= 15 is 0 Å². The monoisotopic (exact) mass is 247 g/mol. The van der Waals surface area contributed by atoms with Crippen molar-refractivity contribution in [1.29, 1.82) is 0 Å². The van der Waals surface area contributed by atoms with Gasteiger partial charge in [-0.2, -0.15) is 4.39 Å². The number of esters is 1. The Morgan fingerprint density at radius 2 is 2.38 bits per heavy atom. The van der Waals surface area contributed by atoms with E-state index < -0.39 is 11.9 Å². The Labute approximate surface area is 83.1 Å². The molecule has 0 bridgehead atoms. The molecule has 13 heavy (non-hydrogen) atoms. The Morgan fingerprint density at radius 1 is 1.69 bits per heavy atom. The summed E-state index contributed by atoms with van der Waals surface area (Å²) in [7, 11) is 1.29. The van der Waals surface area contributed by atoms with E-state index in [9.17, 15) is 9.18 Å². The lowest BCUT2D eigenvalue weighted by Crippen LogP contribution is -2.05. The molecular weight excluding hydrogens is 241 g/mol. The normalized spacial score (nSPS) is 9.77. The van der Waals surface area contributed by atoms with Crippen molar-refractivity contribution in [2.45, 2.75) is 6.42 Å². The van der Waals surface area contributed by atoms with Crippen LogP contribution in [0.5, 0.6) is 0 Å². The fourth-order valence-electron chi connectivity index (χ4n) is 0.855. The fourth-order valence-corrected chi connectivity index (χ4v) is 1.32. The fraction of sp³-hybridized carbons (Fsp3) is 0.250.